The summed E-state index contributed by atoms with van der Waals surface area (Å²) in [5.74, 6) is -2.36. The van der Waals surface area contributed by atoms with Crippen molar-refractivity contribution in [2.75, 3.05) is 11.4 Å². The average Bonchev–Trinajstić information content (AvgIpc) is 2.44. The molecule has 0 unspecified atom stereocenters. The number of rotatable bonds is 7. The summed E-state index contributed by atoms with van der Waals surface area (Å²) in [6, 6.07) is 7.01. The molecule has 114 valence electrons. The van der Waals surface area contributed by atoms with Crippen molar-refractivity contribution in [1.82, 2.24) is 5.32 Å². The summed E-state index contributed by atoms with van der Waals surface area (Å²) in [4.78, 5) is 35.1. The highest BCUT2D eigenvalue weighted by Crippen LogP contribution is 2.13. The van der Waals surface area contributed by atoms with Crippen LogP contribution in [0.1, 0.15) is 19.8 Å². The molecule has 3 N–H and O–H groups in total. The molecular formula is C14H18N2O5. The van der Waals surface area contributed by atoms with Gasteiger partial charge in [0.1, 0.15) is 6.04 Å². The molecule has 0 aromatic heterocycles. The second-order valence-corrected chi connectivity index (χ2v) is 4.35. The lowest BCUT2D eigenvalue weighted by atomic mass is 10.1. The second kappa shape index (κ2) is 7.88. The standard InChI is InChI=1S/C14H18N2O5/c1-2-16(10-6-4-3-5-7-10)14(21)15-11(13(19)20)8-9-12(17)18/h3-7,11H,2,8-9H2,1H3,(H,15,21)(H,17,18)(H,19,20)/t11-/m0/s1. The third kappa shape index (κ3) is 5.13. The number of para-hydroxylation sites is 1. The van der Waals surface area contributed by atoms with E-state index in [2.05, 4.69) is 5.32 Å². The normalized spacial score (nSPS) is 11.5. The Balaban J connectivity index is 2.75. The van der Waals surface area contributed by atoms with Gasteiger partial charge in [0, 0.05) is 18.7 Å². The molecule has 1 aromatic carbocycles. The summed E-state index contributed by atoms with van der Waals surface area (Å²) >= 11 is 0. The van der Waals surface area contributed by atoms with Crippen LogP contribution in [0.3, 0.4) is 0 Å². The molecule has 0 heterocycles. The largest absolute Gasteiger partial charge is 0.481 e. The molecule has 0 saturated heterocycles. The minimum absolute atomic E-state index is 0.164. The minimum Gasteiger partial charge on any atom is -0.481 e. The number of carbonyl (C=O) groups is 3. The maximum Gasteiger partial charge on any atom is 0.326 e. The Labute approximate surface area is 122 Å². The minimum atomic E-state index is -1.26. The van der Waals surface area contributed by atoms with Gasteiger partial charge < -0.3 is 15.5 Å². The second-order valence-electron chi connectivity index (χ2n) is 4.35. The van der Waals surface area contributed by atoms with Crippen LogP contribution in [0.15, 0.2) is 30.3 Å². The van der Waals surface area contributed by atoms with E-state index in [1.165, 1.54) is 4.90 Å². The van der Waals surface area contributed by atoms with Crippen molar-refractivity contribution < 1.29 is 24.6 Å². The van der Waals surface area contributed by atoms with Gasteiger partial charge in [-0.25, -0.2) is 9.59 Å². The van der Waals surface area contributed by atoms with Gasteiger partial charge in [0.15, 0.2) is 0 Å². The Bertz CT molecular complexity index is 503. The molecule has 0 spiro atoms. The highest BCUT2D eigenvalue weighted by Gasteiger charge is 2.23. The highest BCUT2D eigenvalue weighted by atomic mass is 16.4. The van der Waals surface area contributed by atoms with Gasteiger partial charge in [-0.2, -0.15) is 0 Å². The van der Waals surface area contributed by atoms with E-state index in [4.69, 9.17) is 10.2 Å². The van der Waals surface area contributed by atoms with Gasteiger partial charge in [-0.05, 0) is 25.5 Å². The van der Waals surface area contributed by atoms with Crippen LogP contribution >= 0.6 is 0 Å². The first kappa shape index (κ1) is 16.5. The van der Waals surface area contributed by atoms with E-state index in [9.17, 15) is 14.4 Å². The van der Waals surface area contributed by atoms with E-state index >= 15 is 0 Å². The summed E-state index contributed by atoms with van der Waals surface area (Å²) < 4.78 is 0. The lowest BCUT2D eigenvalue weighted by Gasteiger charge is -2.23. The number of carboxylic acid groups (broad SMARTS) is 2. The Morgan fingerprint density at radius 1 is 1.19 bits per heavy atom. The first-order valence-corrected chi connectivity index (χ1v) is 6.53. The number of nitrogens with zero attached hydrogens (tertiary/aromatic N) is 1. The van der Waals surface area contributed by atoms with Crippen LogP contribution < -0.4 is 10.2 Å². The lowest BCUT2D eigenvalue weighted by Crippen LogP contribution is -2.48. The molecule has 0 bridgehead atoms. The summed E-state index contributed by atoms with van der Waals surface area (Å²) in [7, 11) is 0. The molecule has 0 aliphatic heterocycles. The number of benzene rings is 1. The first-order chi connectivity index (χ1) is 9.95. The van der Waals surface area contributed by atoms with Crippen molar-refractivity contribution >= 4 is 23.7 Å². The zero-order chi connectivity index (χ0) is 15.8. The first-order valence-electron chi connectivity index (χ1n) is 6.53. The van der Waals surface area contributed by atoms with E-state index in [1.807, 2.05) is 6.07 Å². The fourth-order valence-electron chi connectivity index (χ4n) is 1.80. The van der Waals surface area contributed by atoms with Crippen LogP contribution in [-0.2, 0) is 9.59 Å². The Kier molecular flexibility index (Phi) is 6.19. The number of aliphatic carboxylic acids is 2. The number of carboxylic acids is 2. The van der Waals surface area contributed by atoms with Crippen molar-refractivity contribution in [2.45, 2.75) is 25.8 Å². The van der Waals surface area contributed by atoms with E-state index < -0.39 is 24.0 Å². The van der Waals surface area contributed by atoms with Crippen LogP contribution in [-0.4, -0.2) is 40.8 Å². The van der Waals surface area contributed by atoms with Crippen molar-refractivity contribution in [1.29, 1.82) is 0 Å². The van der Waals surface area contributed by atoms with E-state index in [0.717, 1.165) is 0 Å². The zero-order valence-corrected chi connectivity index (χ0v) is 11.7. The Hall–Kier alpha value is -2.57. The van der Waals surface area contributed by atoms with Crippen molar-refractivity contribution in [3.05, 3.63) is 30.3 Å². The van der Waals surface area contributed by atoms with Crippen molar-refractivity contribution in [2.24, 2.45) is 0 Å². The number of nitrogens with one attached hydrogen (secondary N) is 1. The van der Waals surface area contributed by atoms with Gasteiger partial charge in [-0.1, -0.05) is 18.2 Å². The molecule has 1 aromatic rings. The molecule has 1 atom stereocenters. The van der Waals surface area contributed by atoms with Gasteiger partial charge >= 0.3 is 18.0 Å². The predicted molar refractivity (Wildman–Crippen MR) is 76.3 cm³/mol. The predicted octanol–water partition coefficient (Wildman–Crippen LogP) is 1.54. The van der Waals surface area contributed by atoms with Gasteiger partial charge in [-0.15, -0.1) is 0 Å². The van der Waals surface area contributed by atoms with Gasteiger partial charge in [0.05, 0.1) is 0 Å². The third-order valence-electron chi connectivity index (χ3n) is 2.87. The van der Waals surface area contributed by atoms with Crippen LogP contribution in [0.4, 0.5) is 10.5 Å². The quantitative estimate of drug-likeness (QED) is 0.707. The molecule has 0 saturated carbocycles. The number of hydrogen-bond donors (Lipinski definition) is 3. The van der Waals surface area contributed by atoms with Crippen LogP contribution in [0, 0.1) is 0 Å². The summed E-state index contributed by atoms with van der Waals surface area (Å²) in [6.07, 6.45) is -0.489. The van der Waals surface area contributed by atoms with Gasteiger partial charge in [0.25, 0.3) is 0 Å². The zero-order valence-electron chi connectivity index (χ0n) is 11.7. The van der Waals surface area contributed by atoms with Crippen LogP contribution in [0.25, 0.3) is 0 Å². The maximum absolute atomic E-state index is 12.1. The molecule has 7 nitrogen and oxygen atoms in total. The smallest absolute Gasteiger partial charge is 0.326 e. The van der Waals surface area contributed by atoms with E-state index in [1.54, 1.807) is 31.2 Å². The summed E-state index contributed by atoms with van der Waals surface area (Å²) in [5, 5.41) is 20.0. The molecule has 2 amide bonds. The number of anilines is 1. The van der Waals surface area contributed by atoms with Crippen LogP contribution in [0.5, 0.6) is 0 Å². The monoisotopic (exact) mass is 294 g/mol. The molecule has 7 heteroatoms. The molecule has 1 rings (SSSR count). The molecule has 0 radical (unpaired) electrons. The molecular weight excluding hydrogens is 276 g/mol. The third-order valence-corrected chi connectivity index (χ3v) is 2.87. The Morgan fingerprint density at radius 3 is 2.29 bits per heavy atom. The molecule has 0 aliphatic rings. The van der Waals surface area contributed by atoms with Crippen molar-refractivity contribution in [3.63, 3.8) is 0 Å². The van der Waals surface area contributed by atoms with E-state index in [0.29, 0.717) is 12.2 Å². The SMILES string of the molecule is CCN(C(=O)N[C@@H](CCC(=O)O)C(=O)O)c1ccccc1. The highest BCUT2D eigenvalue weighted by molar-refractivity contribution is 5.94. The molecule has 0 fully saturated rings. The fourth-order valence-corrected chi connectivity index (χ4v) is 1.80. The number of urea groups is 1. The maximum atomic E-state index is 12.1. The number of amides is 2. The number of hydrogen-bond acceptors (Lipinski definition) is 3. The molecule has 0 aliphatic carbocycles. The van der Waals surface area contributed by atoms with Gasteiger partial charge in [-0.3, -0.25) is 9.69 Å². The topological polar surface area (TPSA) is 107 Å². The number of carbonyl (C=O) groups excluding carboxylic acids is 1. The Morgan fingerprint density at radius 2 is 1.81 bits per heavy atom. The van der Waals surface area contributed by atoms with Crippen molar-refractivity contribution in [3.8, 4) is 0 Å². The summed E-state index contributed by atoms with van der Waals surface area (Å²) in [5.41, 5.74) is 0.639. The fraction of sp³-hybridized carbons (Fsp3) is 0.357. The average molecular weight is 294 g/mol. The van der Waals surface area contributed by atoms with E-state index in [-0.39, 0.29) is 12.8 Å². The lowest BCUT2D eigenvalue weighted by molar-refractivity contribution is -0.140. The van der Waals surface area contributed by atoms with Gasteiger partial charge in [0.2, 0.25) is 0 Å². The molecule has 21 heavy (non-hydrogen) atoms. The van der Waals surface area contributed by atoms with Crippen LogP contribution in [0.2, 0.25) is 0 Å². The summed E-state index contributed by atoms with van der Waals surface area (Å²) in [6.45, 7) is 2.13.